The van der Waals surface area contributed by atoms with Crippen LogP contribution in [0.5, 0.6) is 0 Å². The number of aromatic nitrogens is 2. The second-order valence-corrected chi connectivity index (χ2v) is 9.35. The third-order valence-corrected chi connectivity index (χ3v) is 7.12. The third kappa shape index (κ3) is 4.79. The number of anilines is 1. The molecule has 0 unspecified atom stereocenters. The van der Waals surface area contributed by atoms with Crippen LogP contribution >= 0.6 is 23.3 Å². The van der Waals surface area contributed by atoms with Gasteiger partial charge >= 0.3 is 0 Å². The Labute approximate surface area is 198 Å². The highest BCUT2D eigenvalue weighted by Crippen LogP contribution is 2.32. The van der Waals surface area contributed by atoms with E-state index in [1.165, 1.54) is 30.4 Å². The van der Waals surface area contributed by atoms with Gasteiger partial charge in [-0.3, -0.25) is 4.79 Å². The Balaban J connectivity index is 1.70. The molecule has 0 saturated carbocycles. The molecule has 3 heterocycles. The molecule has 0 fully saturated rings. The summed E-state index contributed by atoms with van der Waals surface area (Å²) < 4.78 is 32.5. The first-order valence-electron chi connectivity index (χ1n) is 10.4. The first kappa shape index (κ1) is 23.0. The van der Waals surface area contributed by atoms with E-state index in [-0.39, 0.29) is 11.3 Å². The number of allylic oxidation sites excluding steroid dienone is 1. The fraction of sp³-hybridized carbons (Fsp3) is 0.167. The van der Waals surface area contributed by atoms with Crippen LogP contribution in [0, 0.1) is 11.6 Å². The van der Waals surface area contributed by atoms with Crippen molar-refractivity contribution in [2.75, 3.05) is 10.5 Å². The molecule has 0 atom stereocenters. The SMILES string of the molecule is CCCSNc1ccc(F)c(C(=O)c2c[nH]c3ncc(-c4ccc(C/C=C\N)s4)cc23)c1F. The van der Waals surface area contributed by atoms with Gasteiger partial charge in [0.25, 0.3) is 0 Å². The predicted molar refractivity (Wildman–Crippen MR) is 133 cm³/mol. The smallest absolute Gasteiger partial charge is 0.201 e. The lowest BCUT2D eigenvalue weighted by Gasteiger charge is -2.10. The lowest BCUT2D eigenvalue weighted by Crippen LogP contribution is -2.09. The lowest BCUT2D eigenvalue weighted by molar-refractivity contribution is 0.103. The predicted octanol–water partition coefficient (Wildman–Crippen LogP) is 6.29. The standard InChI is InChI=1S/C24H22F2N4OS2/c1-2-10-32-30-19-7-6-18(25)21(22(19)26)23(31)17-13-29-24-16(17)11-14(12-28-24)20-8-5-15(33-20)4-3-9-27/h3,5-9,11-13,30H,2,4,10,27H2,1H3,(H,28,29)/b9-3-. The van der Waals surface area contributed by atoms with Gasteiger partial charge < -0.3 is 15.4 Å². The molecular formula is C24H22F2N4OS2. The Kier molecular flexibility index (Phi) is 7.10. The summed E-state index contributed by atoms with van der Waals surface area (Å²) in [7, 11) is 0. The number of benzene rings is 1. The number of hydrogen-bond donors (Lipinski definition) is 3. The number of carbonyl (C=O) groups is 1. The van der Waals surface area contributed by atoms with Gasteiger partial charge in [0, 0.05) is 50.8 Å². The summed E-state index contributed by atoms with van der Waals surface area (Å²) >= 11 is 2.89. The van der Waals surface area contributed by atoms with Gasteiger partial charge in [0.2, 0.25) is 5.78 Å². The molecular weight excluding hydrogens is 462 g/mol. The maximum absolute atomic E-state index is 15.1. The molecule has 5 nitrogen and oxygen atoms in total. The molecule has 4 aromatic rings. The largest absolute Gasteiger partial charge is 0.405 e. The third-order valence-electron chi connectivity index (χ3n) is 4.98. The first-order chi connectivity index (χ1) is 16.0. The molecule has 170 valence electrons. The van der Waals surface area contributed by atoms with Gasteiger partial charge in [-0.25, -0.2) is 13.8 Å². The van der Waals surface area contributed by atoms with Crippen LogP contribution in [0.2, 0.25) is 0 Å². The van der Waals surface area contributed by atoms with Gasteiger partial charge in [0.1, 0.15) is 11.5 Å². The molecule has 33 heavy (non-hydrogen) atoms. The number of hydrogen-bond acceptors (Lipinski definition) is 6. The second kappa shape index (κ2) is 10.2. The zero-order chi connectivity index (χ0) is 23.4. The van der Waals surface area contributed by atoms with Gasteiger partial charge in [-0.1, -0.05) is 24.9 Å². The van der Waals surface area contributed by atoms with E-state index < -0.39 is 23.0 Å². The van der Waals surface area contributed by atoms with Crippen LogP contribution in [0.25, 0.3) is 21.5 Å². The van der Waals surface area contributed by atoms with Gasteiger partial charge in [-0.15, -0.1) is 11.3 Å². The number of thiophene rings is 1. The number of rotatable bonds is 9. The molecule has 0 spiro atoms. The number of aromatic amines is 1. The quantitative estimate of drug-likeness (QED) is 0.148. The minimum Gasteiger partial charge on any atom is -0.405 e. The van der Waals surface area contributed by atoms with E-state index in [4.69, 9.17) is 5.73 Å². The van der Waals surface area contributed by atoms with E-state index in [2.05, 4.69) is 14.7 Å². The normalized spacial score (nSPS) is 11.5. The van der Waals surface area contributed by atoms with E-state index in [9.17, 15) is 9.18 Å². The molecule has 0 amide bonds. The Morgan fingerprint density at radius 2 is 2.15 bits per heavy atom. The van der Waals surface area contributed by atoms with Crippen molar-refractivity contribution < 1.29 is 13.6 Å². The Bertz CT molecular complexity index is 1330. The van der Waals surface area contributed by atoms with E-state index in [1.807, 2.05) is 31.2 Å². The van der Waals surface area contributed by atoms with Gasteiger partial charge in [-0.05, 0) is 43.0 Å². The Hall–Kier alpha value is -3.17. The topological polar surface area (TPSA) is 83.8 Å². The summed E-state index contributed by atoms with van der Waals surface area (Å²) in [5.41, 5.74) is 6.36. The van der Waals surface area contributed by atoms with Crippen LogP contribution in [0.1, 0.15) is 34.1 Å². The minimum absolute atomic E-state index is 0.0782. The first-order valence-corrected chi connectivity index (χ1v) is 12.2. The molecule has 0 aliphatic carbocycles. The van der Waals surface area contributed by atoms with E-state index >= 15 is 4.39 Å². The molecule has 3 aromatic heterocycles. The van der Waals surface area contributed by atoms with Gasteiger partial charge in [0.05, 0.1) is 11.3 Å². The van der Waals surface area contributed by atoms with Crippen molar-refractivity contribution in [3.8, 4) is 10.4 Å². The van der Waals surface area contributed by atoms with Crippen LogP contribution in [0.3, 0.4) is 0 Å². The second-order valence-electron chi connectivity index (χ2n) is 7.28. The van der Waals surface area contributed by atoms with Crippen LogP contribution in [-0.4, -0.2) is 21.5 Å². The van der Waals surface area contributed by atoms with E-state index in [0.29, 0.717) is 11.0 Å². The molecule has 0 aliphatic rings. The highest BCUT2D eigenvalue weighted by atomic mass is 32.2. The lowest BCUT2D eigenvalue weighted by atomic mass is 10.0. The number of carbonyl (C=O) groups excluding carboxylic acids is 1. The number of nitrogens with two attached hydrogens (primary N) is 1. The number of H-pyrrole nitrogens is 1. The monoisotopic (exact) mass is 484 g/mol. The number of fused-ring (bicyclic) bond motifs is 1. The Morgan fingerprint density at radius 1 is 1.30 bits per heavy atom. The van der Waals surface area contributed by atoms with Crippen LogP contribution in [0.15, 0.2) is 55.0 Å². The summed E-state index contributed by atoms with van der Waals surface area (Å²) in [5.74, 6) is -1.79. The van der Waals surface area contributed by atoms with Crippen LogP contribution in [-0.2, 0) is 6.42 Å². The molecule has 0 bridgehead atoms. The number of nitrogens with zero attached hydrogens (tertiary/aromatic N) is 1. The Morgan fingerprint density at radius 3 is 2.94 bits per heavy atom. The fourth-order valence-electron chi connectivity index (χ4n) is 3.36. The molecule has 0 aliphatic heterocycles. The highest BCUT2D eigenvalue weighted by molar-refractivity contribution is 8.00. The molecule has 4 N–H and O–H groups in total. The van der Waals surface area contributed by atoms with Crippen molar-refractivity contribution in [1.82, 2.24) is 9.97 Å². The number of pyridine rings is 1. The average Bonchev–Trinajstić information content (AvgIpc) is 3.46. The molecule has 4 rings (SSSR count). The highest BCUT2D eigenvalue weighted by Gasteiger charge is 2.24. The summed E-state index contributed by atoms with van der Waals surface area (Å²) in [6.45, 7) is 2.00. The summed E-state index contributed by atoms with van der Waals surface area (Å²) in [6.07, 6.45) is 8.15. The zero-order valence-corrected chi connectivity index (χ0v) is 19.5. The maximum Gasteiger partial charge on any atom is 0.201 e. The average molecular weight is 485 g/mol. The minimum atomic E-state index is -0.905. The summed E-state index contributed by atoms with van der Waals surface area (Å²) in [6, 6.07) is 8.20. The van der Waals surface area contributed by atoms with Crippen molar-refractivity contribution in [2.24, 2.45) is 5.73 Å². The van der Waals surface area contributed by atoms with Crippen LogP contribution < -0.4 is 10.5 Å². The van der Waals surface area contributed by atoms with Crippen LogP contribution in [0.4, 0.5) is 14.5 Å². The van der Waals surface area contributed by atoms with Gasteiger partial charge in [0.15, 0.2) is 5.82 Å². The number of nitrogens with one attached hydrogen (secondary N) is 2. The molecule has 1 aromatic carbocycles. The summed E-state index contributed by atoms with van der Waals surface area (Å²) in [4.78, 5) is 22.7. The van der Waals surface area contributed by atoms with E-state index in [1.54, 1.807) is 17.5 Å². The van der Waals surface area contributed by atoms with Crippen molar-refractivity contribution in [3.05, 3.63) is 82.6 Å². The maximum atomic E-state index is 15.1. The summed E-state index contributed by atoms with van der Waals surface area (Å²) in [5, 5.41) is 0.506. The zero-order valence-electron chi connectivity index (χ0n) is 17.8. The molecule has 0 saturated heterocycles. The van der Waals surface area contributed by atoms with Crippen molar-refractivity contribution in [3.63, 3.8) is 0 Å². The fourth-order valence-corrected chi connectivity index (χ4v) is 4.94. The van der Waals surface area contributed by atoms with Crippen molar-refractivity contribution in [1.29, 1.82) is 0 Å². The number of ketones is 1. The van der Waals surface area contributed by atoms with Crippen molar-refractivity contribution >= 4 is 45.8 Å². The molecule has 0 radical (unpaired) electrons. The van der Waals surface area contributed by atoms with Gasteiger partial charge in [-0.2, -0.15) is 0 Å². The van der Waals surface area contributed by atoms with Crippen molar-refractivity contribution in [2.45, 2.75) is 19.8 Å². The van der Waals surface area contributed by atoms with E-state index in [0.717, 1.165) is 40.0 Å². The molecule has 9 heteroatoms. The number of halogens is 2.